The smallest absolute Gasteiger partial charge is 0.384 e. The van der Waals surface area contributed by atoms with Crippen LogP contribution < -0.4 is 5.32 Å². The number of aryl methyl sites for hydroxylation is 1. The minimum absolute atomic E-state index is 0.0543. The molecule has 12 heteroatoms. The van der Waals surface area contributed by atoms with E-state index < -0.39 is 46.6 Å². The zero-order valence-electron chi connectivity index (χ0n) is 21.7. The fourth-order valence-electron chi connectivity index (χ4n) is 4.09. The van der Waals surface area contributed by atoms with Gasteiger partial charge in [0.05, 0.1) is 40.4 Å². The summed E-state index contributed by atoms with van der Waals surface area (Å²) >= 11 is 0. The number of likely N-dealkylation sites (N-methyl/N-ethyl adjacent to an activating group) is 1. The Morgan fingerprint density at radius 1 is 1.10 bits per heavy atom. The van der Waals surface area contributed by atoms with Crippen LogP contribution in [0.3, 0.4) is 0 Å². The molecule has 8 nitrogen and oxygen atoms in total. The van der Waals surface area contributed by atoms with Gasteiger partial charge in [0.2, 0.25) is 0 Å². The number of nitrogens with zero attached hydrogens (tertiary/aromatic N) is 4. The number of hydrogen-bond donors (Lipinski definition) is 2. The van der Waals surface area contributed by atoms with Crippen LogP contribution in [0.4, 0.5) is 23.2 Å². The Hall–Kier alpha value is -4.58. The lowest BCUT2D eigenvalue weighted by atomic mass is 9.99. The summed E-state index contributed by atoms with van der Waals surface area (Å²) in [5.41, 5.74) is -0.897. The molecule has 2 aromatic heterocycles. The Kier molecular flexibility index (Phi) is 8.01. The molecule has 4 aromatic rings. The minimum atomic E-state index is -4.88. The second kappa shape index (κ2) is 11.3. The number of carbonyl (C=O) groups is 2. The number of rotatable bonds is 7. The Balaban J connectivity index is 1.73. The van der Waals surface area contributed by atoms with Gasteiger partial charge in [-0.2, -0.15) is 18.3 Å². The molecule has 2 N–H and O–H groups in total. The number of anilines is 1. The largest absolute Gasteiger partial charge is 0.417 e. The van der Waals surface area contributed by atoms with Crippen LogP contribution in [0.2, 0.25) is 0 Å². The van der Waals surface area contributed by atoms with Crippen LogP contribution >= 0.6 is 0 Å². The molecular weight excluding hydrogens is 530 g/mol. The number of aliphatic hydroxyl groups is 1. The molecule has 0 saturated heterocycles. The fraction of sp³-hybridized carbons (Fsp3) is 0.214. The highest BCUT2D eigenvalue weighted by Gasteiger charge is 2.36. The predicted octanol–water partition coefficient (Wildman–Crippen LogP) is 4.90. The summed E-state index contributed by atoms with van der Waals surface area (Å²) < 4.78 is 57.4. The number of hydrogen-bond acceptors (Lipinski definition) is 5. The number of pyridine rings is 1. The summed E-state index contributed by atoms with van der Waals surface area (Å²) in [4.78, 5) is 31.2. The van der Waals surface area contributed by atoms with Gasteiger partial charge in [0, 0.05) is 31.4 Å². The summed E-state index contributed by atoms with van der Waals surface area (Å²) in [5, 5.41) is 16.1. The number of aliphatic hydroxyl groups excluding tert-OH is 1. The molecule has 0 aliphatic heterocycles. The SMILES string of the molecule is C[C@H](O)C(=O)N(C)Cc1ccc(NC(=O)c2cc(-c3ccn(C)n3)c(C(F)(F)F)cc2F)c(-c2ccccc2)n1. The maximum Gasteiger partial charge on any atom is 0.417 e. The average Bonchev–Trinajstić information content (AvgIpc) is 3.34. The van der Waals surface area contributed by atoms with Crippen molar-refractivity contribution in [3.05, 3.63) is 89.5 Å². The van der Waals surface area contributed by atoms with Gasteiger partial charge in [0.25, 0.3) is 11.8 Å². The normalized spacial score (nSPS) is 12.2. The second-order valence-electron chi connectivity index (χ2n) is 9.14. The van der Waals surface area contributed by atoms with E-state index in [-0.39, 0.29) is 24.0 Å². The predicted molar refractivity (Wildman–Crippen MR) is 139 cm³/mol. The molecule has 0 spiro atoms. The van der Waals surface area contributed by atoms with Crippen molar-refractivity contribution in [2.45, 2.75) is 25.7 Å². The molecule has 0 radical (unpaired) electrons. The lowest BCUT2D eigenvalue weighted by Gasteiger charge is -2.20. The first-order valence-electron chi connectivity index (χ1n) is 12.1. The van der Waals surface area contributed by atoms with E-state index in [1.807, 2.05) is 0 Å². The van der Waals surface area contributed by atoms with Crippen molar-refractivity contribution >= 4 is 17.5 Å². The molecular formula is C28H25F4N5O3. The maximum absolute atomic E-state index is 14.9. The Morgan fingerprint density at radius 2 is 1.80 bits per heavy atom. The number of aromatic nitrogens is 3. The lowest BCUT2D eigenvalue weighted by Crippen LogP contribution is -2.34. The third-order valence-corrected chi connectivity index (χ3v) is 6.03. The zero-order chi connectivity index (χ0) is 29.2. The number of benzene rings is 2. The molecule has 208 valence electrons. The van der Waals surface area contributed by atoms with Gasteiger partial charge in [-0.25, -0.2) is 9.37 Å². The van der Waals surface area contributed by atoms with Crippen LogP contribution in [0.15, 0.2) is 66.9 Å². The van der Waals surface area contributed by atoms with Crippen molar-refractivity contribution in [1.29, 1.82) is 0 Å². The minimum Gasteiger partial charge on any atom is -0.384 e. The molecule has 0 saturated carbocycles. The third kappa shape index (κ3) is 6.18. The molecule has 2 aromatic carbocycles. The van der Waals surface area contributed by atoms with E-state index >= 15 is 0 Å². The van der Waals surface area contributed by atoms with Crippen LogP contribution in [0, 0.1) is 5.82 Å². The highest BCUT2D eigenvalue weighted by molar-refractivity contribution is 6.07. The van der Waals surface area contributed by atoms with E-state index in [0.717, 1.165) is 6.07 Å². The highest BCUT2D eigenvalue weighted by atomic mass is 19.4. The Bertz CT molecular complexity index is 1550. The van der Waals surface area contributed by atoms with Crippen LogP contribution in [0.25, 0.3) is 22.5 Å². The van der Waals surface area contributed by atoms with Crippen molar-refractivity contribution in [2.24, 2.45) is 7.05 Å². The van der Waals surface area contributed by atoms with Crippen molar-refractivity contribution in [3.63, 3.8) is 0 Å². The molecule has 4 rings (SSSR count). The highest BCUT2D eigenvalue weighted by Crippen LogP contribution is 2.38. The molecule has 1 atom stereocenters. The fourth-order valence-corrected chi connectivity index (χ4v) is 4.09. The molecule has 0 aliphatic carbocycles. The van der Waals surface area contributed by atoms with Gasteiger partial charge in [-0.1, -0.05) is 30.3 Å². The van der Waals surface area contributed by atoms with Gasteiger partial charge in [0.1, 0.15) is 11.9 Å². The molecule has 0 unspecified atom stereocenters. The van der Waals surface area contributed by atoms with Crippen LogP contribution in [-0.2, 0) is 24.6 Å². The van der Waals surface area contributed by atoms with E-state index in [9.17, 15) is 32.3 Å². The zero-order valence-corrected chi connectivity index (χ0v) is 21.7. The monoisotopic (exact) mass is 555 g/mol. The molecule has 2 heterocycles. The molecule has 0 aliphatic rings. The molecule has 0 bridgehead atoms. The van der Waals surface area contributed by atoms with E-state index in [1.165, 1.54) is 55.0 Å². The van der Waals surface area contributed by atoms with Crippen LogP contribution in [0.1, 0.15) is 28.5 Å². The summed E-state index contributed by atoms with van der Waals surface area (Å²) in [6, 6.07) is 14.2. The number of alkyl halides is 3. The topological polar surface area (TPSA) is 100 Å². The first-order valence-corrected chi connectivity index (χ1v) is 12.1. The van der Waals surface area contributed by atoms with Crippen molar-refractivity contribution < 1.29 is 32.3 Å². The van der Waals surface area contributed by atoms with Gasteiger partial charge in [-0.3, -0.25) is 14.3 Å². The Labute approximate surface area is 226 Å². The van der Waals surface area contributed by atoms with Gasteiger partial charge in [-0.15, -0.1) is 0 Å². The summed E-state index contributed by atoms with van der Waals surface area (Å²) in [5.74, 6) is -2.85. The van der Waals surface area contributed by atoms with E-state index in [2.05, 4.69) is 15.4 Å². The van der Waals surface area contributed by atoms with Gasteiger partial charge >= 0.3 is 6.18 Å². The number of amides is 2. The van der Waals surface area contributed by atoms with Crippen molar-refractivity contribution in [2.75, 3.05) is 12.4 Å². The van der Waals surface area contributed by atoms with Crippen molar-refractivity contribution in [3.8, 4) is 22.5 Å². The van der Waals surface area contributed by atoms with E-state index in [1.54, 1.807) is 30.3 Å². The summed E-state index contributed by atoms with van der Waals surface area (Å²) in [6.45, 7) is 1.40. The number of carbonyl (C=O) groups excluding carboxylic acids is 2. The van der Waals surface area contributed by atoms with Gasteiger partial charge < -0.3 is 15.3 Å². The van der Waals surface area contributed by atoms with Crippen LogP contribution in [0.5, 0.6) is 0 Å². The van der Waals surface area contributed by atoms with Gasteiger partial charge in [0.15, 0.2) is 0 Å². The van der Waals surface area contributed by atoms with Gasteiger partial charge in [-0.05, 0) is 37.3 Å². The lowest BCUT2D eigenvalue weighted by molar-refractivity contribution is -0.138. The first-order chi connectivity index (χ1) is 18.8. The van der Waals surface area contributed by atoms with Crippen LogP contribution in [-0.4, -0.2) is 49.7 Å². The number of nitrogens with one attached hydrogen (secondary N) is 1. The standard InChI is InChI=1S/C28H25F4N5O3/c1-16(38)27(40)36(2)15-18-9-10-24(25(33-18)17-7-5-4-6-8-17)34-26(39)20-13-19(23-11-12-37(3)35-23)21(14-22(20)29)28(30,31)32/h4-14,16,38H,15H2,1-3H3,(H,34,39)/t16-/m0/s1. The first kappa shape index (κ1) is 28.4. The average molecular weight is 556 g/mol. The van der Waals surface area contributed by atoms with E-state index in [0.29, 0.717) is 17.0 Å². The van der Waals surface area contributed by atoms with Crippen molar-refractivity contribution in [1.82, 2.24) is 19.7 Å². The second-order valence-corrected chi connectivity index (χ2v) is 9.14. The summed E-state index contributed by atoms with van der Waals surface area (Å²) in [7, 11) is 3.02. The summed E-state index contributed by atoms with van der Waals surface area (Å²) in [6.07, 6.45) is -4.65. The third-order valence-electron chi connectivity index (χ3n) is 6.03. The maximum atomic E-state index is 14.9. The van der Waals surface area contributed by atoms with E-state index in [4.69, 9.17) is 0 Å². The quantitative estimate of drug-likeness (QED) is 0.316. The molecule has 0 fully saturated rings. The molecule has 40 heavy (non-hydrogen) atoms. The molecule has 2 amide bonds. The Morgan fingerprint density at radius 3 is 2.40 bits per heavy atom. The number of halogens is 4.